The Labute approximate surface area is 112 Å². The number of fused-ring (bicyclic) bond motifs is 1. The minimum Gasteiger partial charge on any atom is -0.471 e. The van der Waals surface area contributed by atoms with Gasteiger partial charge in [-0.3, -0.25) is 0 Å². The molecule has 19 heavy (non-hydrogen) atoms. The summed E-state index contributed by atoms with van der Waals surface area (Å²) in [5.41, 5.74) is 7.19. The van der Waals surface area contributed by atoms with Crippen LogP contribution >= 0.6 is 11.6 Å². The van der Waals surface area contributed by atoms with Crippen LogP contribution in [-0.2, 0) is 6.61 Å². The molecule has 0 aliphatic carbocycles. The van der Waals surface area contributed by atoms with Gasteiger partial charge in [0, 0.05) is 11.8 Å². The van der Waals surface area contributed by atoms with Crippen molar-refractivity contribution in [3.8, 4) is 5.88 Å². The van der Waals surface area contributed by atoms with Gasteiger partial charge in [-0.2, -0.15) is 15.2 Å². The molecule has 0 saturated carbocycles. The van der Waals surface area contributed by atoms with E-state index >= 15 is 0 Å². The second kappa shape index (κ2) is 4.65. The summed E-state index contributed by atoms with van der Waals surface area (Å²) in [6.45, 7) is 0.266. The van der Waals surface area contributed by atoms with Crippen LogP contribution in [0.1, 0.15) is 5.56 Å². The standard InChI is InChI=1S/C10H8ClN7O/c11-6-2-1-5(3-13-6)4-19-9-7-8(17-18-16-7)14-10(12)15-9/h1-3H,4H2,(H3,12,14,15,16,17,18). The number of halogens is 1. The molecule has 0 aliphatic heterocycles. The van der Waals surface area contributed by atoms with Crippen LogP contribution < -0.4 is 10.5 Å². The van der Waals surface area contributed by atoms with Crippen molar-refractivity contribution >= 4 is 28.7 Å². The van der Waals surface area contributed by atoms with Crippen molar-refractivity contribution in [2.24, 2.45) is 0 Å². The normalized spacial score (nSPS) is 10.8. The van der Waals surface area contributed by atoms with Gasteiger partial charge >= 0.3 is 0 Å². The number of nitrogens with two attached hydrogens (primary N) is 1. The maximum absolute atomic E-state index is 5.70. The number of pyridine rings is 1. The Balaban J connectivity index is 1.85. The Morgan fingerprint density at radius 3 is 2.95 bits per heavy atom. The maximum Gasteiger partial charge on any atom is 0.249 e. The Bertz CT molecular complexity index is 711. The maximum atomic E-state index is 5.70. The number of aromatic amines is 1. The van der Waals surface area contributed by atoms with Crippen molar-refractivity contribution in [1.29, 1.82) is 0 Å². The molecule has 9 heteroatoms. The molecule has 3 aromatic heterocycles. The first-order valence-corrected chi connectivity index (χ1v) is 5.67. The van der Waals surface area contributed by atoms with Crippen LogP contribution in [0.4, 0.5) is 5.95 Å². The van der Waals surface area contributed by atoms with Gasteiger partial charge in [-0.15, -0.1) is 10.2 Å². The third-order valence-corrected chi connectivity index (χ3v) is 2.56. The number of anilines is 1. The summed E-state index contributed by atoms with van der Waals surface area (Å²) in [7, 11) is 0. The van der Waals surface area contributed by atoms with E-state index in [1.165, 1.54) is 0 Å². The van der Waals surface area contributed by atoms with E-state index in [1.807, 2.05) is 0 Å². The number of ether oxygens (including phenoxy) is 1. The lowest BCUT2D eigenvalue weighted by Gasteiger charge is -2.05. The smallest absolute Gasteiger partial charge is 0.249 e. The van der Waals surface area contributed by atoms with Crippen molar-refractivity contribution in [2.75, 3.05) is 5.73 Å². The number of nitrogens with one attached hydrogen (secondary N) is 1. The summed E-state index contributed by atoms with van der Waals surface area (Å²) in [5, 5.41) is 10.6. The molecule has 0 aliphatic rings. The van der Waals surface area contributed by atoms with E-state index in [2.05, 4.69) is 30.4 Å². The second-order valence-electron chi connectivity index (χ2n) is 3.66. The van der Waals surface area contributed by atoms with Gasteiger partial charge in [-0.05, 0) is 6.07 Å². The number of nitrogens with zero attached hydrogens (tertiary/aromatic N) is 5. The third kappa shape index (κ3) is 2.38. The molecule has 96 valence electrons. The van der Waals surface area contributed by atoms with E-state index in [-0.39, 0.29) is 18.4 Å². The summed E-state index contributed by atoms with van der Waals surface area (Å²) in [6.07, 6.45) is 1.62. The van der Waals surface area contributed by atoms with E-state index < -0.39 is 0 Å². The highest BCUT2D eigenvalue weighted by molar-refractivity contribution is 6.29. The molecular formula is C10H8ClN7O. The predicted molar refractivity (Wildman–Crippen MR) is 67.5 cm³/mol. The van der Waals surface area contributed by atoms with Crippen molar-refractivity contribution in [3.05, 3.63) is 29.0 Å². The molecule has 8 nitrogen and oxygen atoms in total. The fourth-order valence-electron chi connectivity index (χ4n) is 1.48. The first-order valence-electron chi connectivity index (χ1n) is 5.29. The fourth-order valence-corrected chi connectivity index (χ4v) is 1.59. The fraction of sp³-hybridized carbons (Fsp3) is 0.100. The minimum absolute atomic E-state index is 0.0747. The average Bonchev–Trinajstić information content (AvgIpc) is 2.85. The summed E-state index contributed by atoms with van der Waals surface area (Å²) in [4.78, 5) is 11.9. The summed E-state index contributed by atoms with van der Waals surface area (Å²) < 4.78 is 5.55. The van der Waals surface area contributed by atoms with Crippen LogP contribution in [0.3, 0.4) is 0 Å². The van der Waals surface area contributed by atoms with Crippen LogP contribution in [0.5, 0.6) is 5.88 Å². The summed E-state index contributed by atoms with van der Waals surface area (Å²) >= 11 is 5.70. The van der Waals surface area contributed by atoms with Gasteiger partial charge < -0.3 is 10.5 Å². The lowest BCUT2D eigenvalue weighted by Crippen LogP contribution is -2.02. The Hall–Kier alpha value is -2.48. The third-order valence-electron chi connectivity index (χ3n) is 2.33. The molecule has 0 aromatic carbocycles. The Kier molecular flexibility index (Phi) is 2.84. The number of nitrogen functional groups attached to an aromatic ring is 1. The SMILES string of the molecule is Nc1nc(OCc2ccc(Cl)nc2)c2n[nH]nc2n1. The van der Waals surface area contributed by atoms with E-state index in [1.54, 1.807) is 18.3 Å². The molecule has 0 radical (unpaired) electrons. The molecular weight excluding hydrogens is 270 g/mol. The van der Waals surface area contributed by atoms with Gasteiger partial charge in [-0.1, -0.05) is 17.7 Å². The largest absolute Gasteiger partial charge is 0.471 e. The summed E-state index contributed by atoms with van der Waals surface area (Å²) in [6, 6.07) is 3.49. The van der Waals surface area contributed by atoms with Gasteiger partial charge in [0.1, 0.15) is 11.8 Å². The molecule has 0 saturated heterocycles. The molecule has 3 aromatic rings. The van der Waals surface area contributed by atoms with Crippen molar-refractivity contribution in [1.82, 2.24) is 30.4 Å². The molecule has 0 spiro atoms. The molecule has 3 N–H and O–H groups in total. The van der Waals surface area contributed by atoms with Gasteiger partial charge in [0.05, 0.1) is 0 Å². The van der Waals surface area contributed by atoms with Crippen molar-refractivity contribution in [2.45, 2.75) is 6.61 Å². The first kappa shape index (κ1) is 11.6. The lowest BCUT2D eigenvalue weighted by atomic mass is 10.3. The number of hydrogen-bond donors (Lipinski definition) is 2. The van der Waals surface area contributed by atoms with Gasteiger partial charge in [-0.25, -0.2) is 4.98 Å². The zero-order valence-corrected chi connectivity index (χ0v) is 10.3. The van der Waals surface area contributed by atoms with Crippen LogP contribution in [0, 0.1) is 0 Å². The Morgan fingerprint density at radius 1 is 1.26 bits per heavy atom. The van der Waals surface area contributed by atoms with E-state index in [4.69, 9.17) is 22.1 Å². The van der Waals surface area contributed by atoms with Gasteiger partial charge in [0.25, 0.3) is 0 Å². The van der Waals surface area contributed by atoms with Crippen LogP contribution in [0.25, 0.3) is 11.2 Å². The molecule has 0 bridgehead atoms. The minimum atomic E-state index is 0.0747. The lowest BCUT2D eigenvalue weighted by molar-refractivity contribution is 0.297. The van der Waals surface area contributed by atoms with E-state index in [9.17, 15) is 0 Å². The molecule has 3 heterocycles. The number of hydrogen-bond acceptors (Lipinski definition) is 7. The van der Waals surface area contributed by atoms with Gasteiger partial charge in [0.2, 0.25) is 17.5 Å². The zero-order valence-electron chi connectivity index (χ0n) is 9.54. The number of rotatable bonds is 3. The average molecular weight is 278 g/mol. The second-order valence-corrected chi connectivity index (χ2v) is 4.05. The molecule has 0 atom stereocenters. The zero-order chi connectivity index (χ0) is 13.2. The molecule has 0 unspecified atom stereocenters. The highest BCUT2D eigenvalue weighted by atomic mass is 35.5. The predicted octanol–water partition coefficient (Wildman–Crippen LogP) is 0.957. The first-order chi connectivity index (χ1) is 9.22. The highest BCUT2D eigenvalue weighted by Crippen LogP contribution is 2.20. The van der Waals surface area contributed by atoms with E-state index in [0.717, 1.165) is 5.56 Å². The molecule has 0 fully saturated rings. The molecule has 0 amide bonds. The quantitative estimate of drug-likeness (QED) is 0.685. The van der Waals surface area contributed by atoms with Crippen molar-refractivity contribution in [3.63, 3.8) is 0 Å². The van der Waals surface area contributed by atoms with Crippen LogP contribution in [0.15, 0.2) is 18.3 Å². The topological polar surface area (TPSA) is 115 Å². The Morgan fingerprint density at radius 2 is 2.16 bits per heavy atom. The van der Waals surface area contributed by atoms with Crippen LogP contribution in [-0.4, -0.2) is 30.4 Å². The highest BCUT2D eigenvalue weighted by Gasteiger charge is 2.11. The summed E-state index contributed by atoms with van der Waals surface area (Å²) in [5.74, 6) is 0.344. The number of H-pyrrole nitrogens is 1. The van der Waals surface area contributed by atoms with Crippen molar-refractivity contribution < 1.29 is 4.74 Å². The molecule has 3 rings (SSSR count). The monoisotopic (exact) mass is 277 g/mol. The van der Waals surface area contributed by atoms with E-state index in [0.29, 0.717) is 16.3 Å². The van der Waals surface area contributed by atoms with Gasteiger partial charge in [0.15, 0.2) is 5.52 Å². The number of aromatic nitrogens is 6. The van der Waals surface area contributed by atoms with Crippen LogP contribution in [0.2, 0.25) is 5.15 Å².